The van der Waals surface area contributed by atoms with Gasteiger partial charge in [0.05, 0.1) is 11.6 Å². The standard InChI is InChI=1S/C15H20BrClN2O2/c1-4-21-14(20)15(8-10(2)19(3)9-15)18-11-5-6-13(17)12(16)7-11/h5-7,10,18H,4,8-9H2,1-3H3. The number of halogens is 2. The van der Waals surface area contributed by atoms with E-state index < -0.39 is 5.54 Å². The van der Waals surface area contributed by atoms with Gasteiger partial charge in [-0.1, -0.05) is 11.6 Å². The van der Waals surface area contributed by atoms with Crippen molar-refractivity contribution in [3.05, 3.63) is 27.7 Å². The zero-order valence-electron chi connectivity index (χ0n) is 12.5. The molecule has 1 fully saturated rings. The van der Waals surface area contributed by atoms with Crippen LogP contribution in [-0.2, 0) is 9.53 Å². The smallest absolute Gasteiger partial charge is 0.333 e. The average molecular weight is 376 g/mol. The number of anilines is 1. The van der Waals surface area contributed by atoms with E-state index in [-0.39, 0.29) is 5.97 Å². The summed E-state index contributed by atoms with van der Waals surface area (Å²) in [5.41, 5.74) is 0.138. The number of rotatable bonds is 4. The Morgan fingerprint density at radius 2 is 2.33 bits per heavy atom. The Bertz CT molecular complexity index is 528. The van der Waals surface area contributed by atoms with Gasteiger partial charge in [-0.2, -0.15) is 0 Å². The van der Waals surface area contributed by atoms with Crippen molar-refractivity contribution in [2.75, 3.05) is 25.5 Å². The van der Waals surface area contributed by atoms with Gasteiger partial charge in [0.1, 0.15) is 5.54 Å². The van der Waals surface area contributed by atoms with Crippen LogP contribution in [0.1, 0.15) is 20.3 Å². The lowest BCUT2D eigenvalue weighted by Gasteiger charge is -2.29. The second-order valence-electron chi connectivity index (χ2n) is 5.52. The molecule has 0 radical (unpaired) electrons. The molecule has 0 saturated carbocycles. The molecule has 1 heterocycles. The number of ether oxygens (including phenoxy) is 1. The number of carbonyl (C=O) groups is 1. The molecular formula is C15H20BrClN2O2. The summed E-state index contributed by atoms with van der Waals surface area (Å²) in [6, 6.07) is 5.87. The van der Waals surface area contributed by atoms with Crippen molar-refractivity contribution in [2.24, 2.45) is 0 Å². The van der Waals surface area contributed by atoms with Gasteiger partial charge in [-0.15, -0.1) is 0 Å². The fourth-order valence-electron chi connectivity index (χ4n) is 2.72. The number of esters is 1. The van der Waals surface area contributed by atoms with Gasteiger partial charge in [-0.05, 0) is 61.4 Å². The van der Waals surface area contributed by atoms with Crippen molar-refractivity contribution in [2.45, 2.75) is 31.8 Å². The second kappa shape index (κ2) is 6.55. The highest BCUT2D eigenvalue weighted by Gasteiger charge is 2.48. The minimum Gasteiger partial charge on any atom is -0.464 e. The lowest BCUT2D eigenvalue weighted by atomic mass is 9.95. The summed E-state index contributed by atoms with van der Waals surface area (Å²) < 4.78 is 6.08. The van der Waals surface area contributed by atoms with Gasteiger partial charge in [0.25, 0.3) is 0 Å². The summed E-state index contributed by atoms with van der Waals surface area (Å²) in [6.45, 7) is 4.94. The highest BCUT2D eigenvalue weighted by molar-refractivity contribution is 9.10. The third-order valence-electron chi connectivity index (χ3n) is 3.89. The van der Waals surface area contributed by atoms with E-state index in [1.165, 1.54) is 0 Å². The molecule has 1 saturated heterocycles. The minimum atomic E-state index is -0.711. The molecule has 0 amide bonds. The van der Waals surface area contributed by atoms with Crippen molar-refractivity contribution in [3.8, 4) is 0 Å². The van der Waals surface area contributed by atoms with Gasteiger partial charge in [-0.25, -0.2) is 4.79 Å². The maximum atomic E-state index is 12.5. The van der Waals surface area contributed by atoms with Crippen molar-refractivity contribution in [1.82, 2.24) is 4.90 Å². The van der Waals surface area contributed by atoms with Crippen LogP contribution in [0.2, 0.25) is 5.02 Å². The van der Waals surface area contributed by atoms with E-state index in [1.807, 2.05) is 26.1 Å². The molecule has 1 aromatic rings. The van der Waals surface area contributed by atoms with Gasteiger partial charge in [0.15, 0.2) is 0 Å². The number of hydrogen-bond acceptors (Lipinski definition) is 4. The van der Waals surface area contributed by atoms with Crippen LogP contribution >= 0.6 is 27.5 Å². The predicted molar refractivity (Wildman–Crippen MR) is 88.8 cm³/mol. The lowest BCUT2D eigenvalue weighted by molar-refractivity contribution is -0.148. The topological polar surface area (TPSA) is 41.6 Å². The maximum absolute atomic E-state index is 12.5. The van der Waals surface area contributed by atoms with E-state index in [4.69, 9.17) is 16.3 Å². The third-order valence-corrected chi connectivity index (χ3v) is 5.10. The zero-order valence-corrected chi connectivity index (χ0v) is 14.8. The number of likely N-dealkylation sites (N-methyl/N-ethyl adjacent to an activating group) is 1. The van der Waals surface area contributed by atoms with E-state index in [9.17, 15) is 4.79 Å². The Kier molecular flexibility index (Phi) is 5.17. The van der Waals surface area contributed by atoms with Crippen LogP contribution in [0.25, 0.3) is 0 Å². The van der Waals surface area contributed by atoms with E-state index in [0.717, 1.165) is 10.2 Å². The number of nitrogens with zero attached hydrogens (tertiary/aromatic N) is 1. The summed E-state index contributed by atoms with van der Waals surface area (Å²) in [5, 5.41) is 4.00. The molecule has 4 nitrogen and oxygen atoms in total. The Labute approximate surface area is 138 Å². The minimum absolute atomic E-state index is 0.202. The van der Waals surface area contributed by atoms with Crippen LogP contribution in [0.5, 0.6) is 0 Å². The molecule has 1 N–H and O–H groups in total. The highest BCUT2D eigenvalue weighted by atomic mass is 79.9. The van der Waals surface area contributed by atoms with E-state index in [1.54, 1.807) is 6.07 Å². The van der Waals surface area contributed by atoms with Gasteiger partial charge in [0, 0.05) is 22.7 Å². The summed E-state index contributed by atoms with van der Waals surface area (Å²) in [7, 11) is 2.02. The first-order valence-electron chi connectivity index (χ1n) is 6.98. The van der Waals surface area contributed by atoms with Crippen LogP contribution in [0.4, 0.5) is 5.69 Å². The van der Waals surface area contributed by atoms with Crippen molar-refractivity contribution < 1.29 is 9.53 Å². The molecule has 1 aromatic carbocycles. The first-order chi connectivity index (χ1) is 9.88. The van der Waals surface area contributed by atoms with Crippen molar-refractivity contribution in [1.29, 1.82) is 0 Å². The summed E-state index contributed by atoms with van der Waals surface area (Å²) in [6.07, 6.45) is 0.711. The lowest BCUT2D eigenvalue weighted by Crippen LogP contribution is -2.49. The molecule has 2 atom stereocenters. The molecule has 1 aliphatic heterocycles. The number of hydrogen-bond donors (Lipinski definition) is 1. The normalized spacial score (nSPS) is 25.9. The van der Waals surface area contributed by atoms with E-state index in [2.05, 4.69) is 33.1 Å². The first-order valence-corrected chi connectivity index (χ1v) is 8.16. The van der Waals surface area contributed by atoms with Gasteiger partial charge in [0.2, 0.25) is 0 Å². The summed E-state index contributed by atoms with van der Waals surface area (Å²) in [5.74, 6) is -0.202. The molecule has 6 heteroatoms. The first kappa shape index (κ1) is 16.6. The van der Waals surface area contributed by atoms with E-state index in [0.29, 0.717) is 30.6 Å². The third kappa shape index (κ3) is 3.52. The second-order valence-corrected chi connectivity index (χ2v) is 6.79. The molecule has 116 valence electrons. The number of carbonyl (C=O) groups excluding carboxylic acids is 1. The summed E-state index contributed by atoms with van der Waals surface area (Å²) in [4.78, 5) is 14.6. The molecule has 1 aliphatic rings. The monoisotopic (exact) mass is 374 g/mol. The maximum Gasteiger partial charge on any atom is 0.333 e. The van der Waals surface area contributed by atoms with Gasteiger partial charge >= 0.3 is 5.97 Å². The molecule has 0 aliphatic carbocycles. The van der Waals surface area contributed by atoms with Crippen LogP contribution < -0.4 is 5.32 Å². The zero-order chi connectivity index (χ0) is 15.6. The number of likely N-dealkylation sites (tertiary alicyclic amines) is 1. The molecule has 21 heavy (non-hydrogen) atoms. The largest absolute Gasteiger partial charge is 0.464 e. The Morgan fingerprint density at radius 1 is 1.62 bits per heavy atom. The Balaban J connectivity index is 2.28. The molecular weight excluding hydrogens is 356 g/mol. The molecule has 2 unspecified atom stereocenters. The van der Waals surface area contributed by atoms with E-state index >= 15 is 0 Å². The fourth-order valence-corrected chi connectivity index (χ4v) is 3.21. The van der Waals surface area contributed by atoms with Crippen molar-refractivity contribution in [3.63, 3.8) is 0 Å². The molecule has 0 spiro atoms. The molecule has 2 rings (SSSR count). The Morgan fingerprint density at radius 3 is 2.86 bits per heavy atom. The van der Waals surface area contributed by atoms with Crippen molar-refractivity contribution >= 4 is 39.2 Å². The van der Waals surface area contributed by atoms with Crippen LogP contribution in [0, 0.1) is 0 Å². The molecule has 0 aromatic heterocycles. The van der Waals surface area contributed by atoms with Crippen LogP contribution in [0.15, 0.2) is 22.7 Å². The SMILES string of the molecule is CCOC(=O)C1(Nc2ccc(Cl)c(Br)c2)CC(C)N(C)C1. The highest BCUT2D eigenvalue weighted by Crippen LogP contribution is 2.33. The molecule has 0 bridgehead atoms. The van der Waals surface area contributed by atoms with Crippen LogP contribution in [-0.4, -0.2) is 42.6 Å². The quantitative estimate of drug-likeness (QED) is 0.817. The fraction of sp³-hybridized carbons (Fsp3) is 0.533. The van der Waals surface area contributed by atoms with Crippen LogP contribution in [0.3, 0.4) is 0 Å². The predicted octanol–water partition coefficient (Wildman–Crippen LogP) is 3.54. The summed E-state index contributed by atoms with van der Waals surface area (Å²) >= 11 is 9.42. The van der Waals surface area contributed by atoms with Gasteiger partial charge < -0.3 is 15.0 Å². The van der Waals surface area contributed by atoms with Gasteiger partial charge in [-0.3, -0.25) is 0 Å². The number of benzene rings is 1. The average Bonchev–Trinajstić information content (AvgIpc) is 2.71. The number of nitrogens with one attached hydrogen (secondary N) is 1. The Hall–Kier alpha value is -0.780.